The fourth-order valence-electron chi connectivity index (χ4n) is 5.08. The SMILES string of the molecule is CCCOc1ccc(CN2CCC3(CC2)C(=O)NC(CC(C)C)C(=O)N3Cc2cccs2)c(Cl)c1. The van der Waals surface area contributed by atoms with E-state index in [2.05, 4.69) is 31.0 Å². The van der Waals surface area contributed by atoms with Crippen LogP contribution in [0.25, 0.3) is 0 Å². The van der Waals surface area contributed by atoms with E-state index in [1.807, 2.05) is 40.6 Å². The molecule has 0 radical (unpaired) electrons. The highest BCUT2D eigenvalue weighted by molar-refractivity contribution is 7.09. The van der Waals surface area contributed by atoms with E-state index in [-0.39, 0.29) is 11.8 Å². The summed E-state index contributed by atoms with van der Waals surface area (Å²) < 4.78 is 5.69. The van der Waals surface area contributed by atoms with Gasteiger partial charge in [0.2, 0.25) is 11.8 Å². The van der Waals surface area contributed by atoms with Gasteiger partial charge in [0, 0.05) is 29.5 Å². The molecule has 2 fully saturated rings. The number of amides is 2. The van der Waals surface area contributed by atoms with Gasteiger partial charge in [-0.25, -0.2) is 0 Å². The van der Waals surface area contributed by atoms with Crippen LogP contribution in [-0.4, -0.2) is 52.9 Å². The Morgan fingerprint density at radius 3 is 2.60 bits per heavy atom. The van der Waals surface area contributed by atoms with Gasteiger partial charge in [-0.05, 0) is 60.7 Å². The highest BCUT2D eigenvalue weighted by atomic mass is 35.5. The Bertz CT molecular complexity index is 1020. The van der Waals surface area contributed by atoms with E-state index in [9.17, 15) is 9.59 Å². The summed E-state index contributed by atoms with van der Waals surface area (Å²) in [6.07, 6.45) is 2.83. The third-order valence-corrected chi connectivity index (χ3v) is 8.20. The van der Waals surface area contributed by atoms with Gasteiger partial charge in [0.1, 0.15) is 17.3 Å². The van der Waals surface area contributed by atoms with Gasteiger partial charge in [0.15, 0.2) is 0 Å². The van der Waals surface area contributed by atoms with Crippen molar-refractivity contribution in [3.8, 4) is 5.75 Å². The van der Waals surface area contributed by atoms with Crippen molar-refractivity contribution in [1.29, 1.82) is 0 Å². The van der Waals surface area contributed by atoms with E-state index in [0.717, 1.165) is 35.7 Å². The summed E-state index contributed by atoms with van der Waals surface area (Å²) in [5, 5.41) is 5.80. The Labute approximate surface area is 217 Å². The molecular weight excluding hydrogens is 482 g/mol. The van der Waals surface area contributed by atoms with E-state index in [4.69, 9.17) is 16.3 Å². The molecule has 1 spiro atoms. The molecule has 2 saturated heterocycles. The predicted octanol–water partition coefficient (Wildman–Crippen LogP) is 5.10. The molecule has 1 unspecified atom stereocenters. The van der Waals surface area contributed by atoms with Crippen LogP contribution in [0.15, 0.2) is 35.7 Å². The van der Waals surface area contributed by atoms with Gasteiger partial charge in [-0.2, -0.15) is 0 Å². The Hall–Kier alpha value is -2.09. The second-order valence-corrected chi connectivity index (χ2v) is 11.5. The first kappa shape index (κ1) is 26.0. The molecule has 35 heavy (non-hydrogen) atoms. The van der Waals surface area contributed by atoms with Crippen molar-refractivity contribution in [2.45, 2.75) is 71.1 Å². The van der Waals surface area contributed by atoms with Crippen LogP contribution < -0.4 is 10.1 Å². The van der Waals surface area contributed by atoms with Crippen LogP contribution in [0.4, 0.5) is 0 Å². The van der Waals surface area contributed by atoms with E-state index >= 15 is 0 Å². The number of rotatable bonds is 9. The zero-order chi connectivity index (χ0) is 25.0. The third-order valence-electron chi connectivity index (χ3n) is 6.98. The number of carbonyl (C=O) groups is 2. The zero-order valence-corrected chi connectivity index (χ0v) is 22.5. The lowest BCUT2D eigenvalue weighted by Gasteiger charge is -2.51. The first-order chi connectivity index (χ1) is 16.8. The number of carbonyl (C=O) groups excluding carboxylic acids is 2. The maximum Gasteiger partial charge on any atom is 0.246 e. The fourth-order valence-corrected chi connectivity index (χ4v) is 6.00. The van der Waals surface area contributed by atoms with Crippen LogP contribution in [-0.2, 0) is 22.7 Å². The number of piperazine rings is 1. The lowest BCUT2D eigenvalue weighted by molar-refractivity contribution is -0.162. The number of hydrogen-bond acceptors (Lipinski definition) is 5. The summed E-state index contributed by atoms with van der Waals surface area (Å²) >= 11 is 8.18. The molecule has 4 rings (SSSR count). The molecule has 1 N–H and O–H groups in total. The molecule has 3 heterocycles. The van der Waals surface area contributed by atoms with Gasteiger partial charge in [-0.3, -0.25) is 14.5 Å². The molecular formula is C27H36ClN3O3S. The summed E-state index contributed by atoms with van der Waals surface area (Å²) in [7, 11) is 0. The van der Waals surface area contributed by atoms with Crippen molar-refractivity contribution in [3.63, 3.8) is 0 Å². The number of likely N-dealkylation sites (tertiary alicyclic amines) is 1. The summed E-state index contributed by atoms with van der Waals surface area (Å²) in [5.74, 6) is 1.16. The standard InChI is InChI=1S/C27H36ClN3O3S/c1-4-13-34-21-8-7-20(23(28)16-21)17-30-11-9-27(10-12-30)26(33)29-24(15-19(2)3)25(32)31(27)18-22-6-5-14-35-22/h5-8,14,16,19,24H,4,9-13,15,17-18H2,1-3H3,(H,29,33). The highest BCUT2D eigenvalue weighted by Crippen LogP contribution is 2.36. The molecule has 1 aromatic heterocycles. The number of piperidine rings is 1. The molecule has 2 aliphatic heterocycles. The summed E-state index contributed by atoms with van der Waals surface area (Å²) in [4.78, 5) is 32.4. The van der Waals surface area contributed by atoms with Gasteiger partial charge < -0.3 is 15.0 Å². The number of halogens is 1. The molecule has 2 aliphatic rings. The summed E-state index contributed by atoms with van der Waals surface area (Å²) in [6, 6.07) is 9.46. The van der Waals surface area contributed by atoms with Gasteiger partial charge in [0.05, 0.1) is 13.2 Å². The summed E-state index contributed by atoms with van der Waals surface area (Å²) in [5.41, 5.74) is 0.246. The van der Waals surface area contributed by atoms with Crippen LogP contribution >= 0.6 is 22.9 Å². The van der Waals surface area contributed by atoms with Crippen LogP contribution in [0.2, 0.25) is 5.02 Å². The Morgan fingerprint density at radius 2 is 1.97 bits per heavy atom. The van der Waals surface area contributed by atoms with Gasteiger partial charge >= 0.3 is 0 Å². The van der Waals surface area contributed by atoms with Crippen molar-refractivity contribution >= 4 is 34.8 Å². The molecule has 8 heteroatoms. The number of hydrogen-bond donors (Lipinski definition) is 1. The minimum absolute atomic E-state index is 0.00517. The van der Waals surface area contributed by atoms with Crippen molar-refractivity contribution in [1.82, 2.24) is 15.1 Å². The van der Waals surface area contributed by atoms with Crippen LogP contribution in [0.5, 0.6) is 5.75 Å². The monoisotopic (exact) mass is 517 g/mol. The van der Waals surface area contributed by atoms with Gasteiger partial charge in [0.25, 0.3) is 0 Å². The maximum atomic E-state index is 13.6. The van der Waals surface area contributed by atoms with Crippen molar-refractivity contribution in [2.75, 3.05) is 19.7 Å². The van der Waals surface area contributed by atoms with Crippen molar-refractivity contribution < 1.29 is 14.3 Å². The predicted molar refractivity (Wildman–Crippen MR) is 141 cm³/mol. The topological polar surface area (TPSA) is 61.9 Å². The van der Waals surface area contributed by atoms with Crippen LogP contribution in [0.1, 0.15) is 56.9 Å². The Balaban J connectivity index is 1.47. The maximum absolute atomic E-state index is 13.6. The van der Waals surface area contributed by atoms with Gasteiger partial charge in [-0.1, -0.05) is 44.5 Å². The average molecular weight is 518 g/mol. The molecule has 2 amide bonds. The molecule has 1 atom stereocenters. The molecule has 0 saturated carbocycles. The quantitative estimate of drug-likeness (QED) is 0.503. The largest absolute Gasteiger partial charge is 0.494 e. The first-order valence-electron chi connectivity index (χ1n) is 12.6. The Kier molecular flexibility index (Phi) is 8.40. The zero-order valence-electron chi connectivity index (χ0n) is 20.9. The minimum atomic E-state index is -0.799. The van der Waals surface area contributed by atoms with Crippen LogP contribution in [0, 0.1) is 5.92 Å². The molecule has 0 bridgehead atoms. The molecule has 1 aromatic carbocycles. The highest BCUT2D eigenvalue weighted by Gasteiger charge is 2.53. The molecule has 0 aliphatic carbocycles. The van der Waals surface area contributed by atoms with E-state index < -0.39 is 11.6 Å². The number of nitrogens with zero attached hydrogens (tertiary/aromatic N) is 2. The smallest absolute Gasteiger partial charge is 0.246 e. The second-order valence-electron chi connectivity index (χ2n) is 10.1. The lowest BCUT2D eigenvalue weighted by atomic mass is 9.80. The average Bonchev–Trinajstić information content (AvgIpc) is 3.35. The van der Waals surface area contributed by atoms with Crippen molar-refractivity contribution in [3.05, 3.63) is 51.2 Å². The van der Waals surface area contributed by atoms with Crippen LogP contribution in [0.3, 0.4) is 0 Å². The van der Waals surface area contributed by atoms with Gasteiger partial charge in [-0.15, -0.1) is 11.3 Å². The lowest BCUT2D eigenvalue weighted by Crippen LogP contribution is -2.72. The summed E-state index contributed by atoms with van der Waals surface area (Å²) in [6.45, 7) is 9.56. The Morgan fingerprint density at radius 1 is 1.20 bits per heavy atom. The number of nitrogens with one attached hydrogen (secondary N) is 1. The van der Waals surface area contributed by atoms with E-state index in [1.54, 1.807) is 11.3 Å². The fraction of sp³-hybridized carbons (Fsp3) is 0.556. The second kappa shape index (κ2) is 11.3. The third kappa shape index (κ3) is 5.84. The minimum Gasteiger partial charge on any atom is -0.494 e. The number of ether oxygens (including phenoxy) is 1. The molecule has 2 aromatic rings. The normalized spacial score (nSPS) is 20.5. The molecule has 190 valence electrons. The van der Waals surface area contributed by atoms with E-state index in [1.165, 1.54) is 0 Å². The number of thiophene rings is 1. The van der Waals surface area contributed by atoms with E-state index in [0.29, 0.717) is 49.9 Å². The van der Waals surface area contributed by atoms with Crippen molar-refractivity contribution in [2.24, 2.45) is 5.92 Å². The molecule has 6 nitrogen and oxygen atoms in total. The first-order valence-corrected chi connectivity index (χ1v) is 13.9. The number of benzene rings is 1.